The topological polar surface area (TPSA) is 234 Å². The van der Waals surface area contributed by atoms with Gasteiger partial charge in [0.2, 0.25) is 17.7 Å². The molecule has 19 heteroatoms. The van der Waals surface area contributed by atoms with Crippen LogP contribution in [0.4, 0.5) is 9.59 Å². The van der Waals surface area contributed by atoms with E-state index in [4.69, 9.17) is 30.5 Å². The van der Waals surface area contributed by atoms with E-state index in [1.165, 1.54) is 6.92 Å². The molecule has 0 heterocycles. The highest BCUT2D eigenvalue weighted by molar-refractivity contribution is 7.99. The molecule has 0 aromatic heterocycles. The standard InChI is InChI=1S/C46H50ClN5O12S/c1-31(49-45(47)59)41(55)51-36(43(57)62-26-33-16-8-3-9-17-33)22-23-39(53)50-37(42(56)48-24-40(54)61-25-32-14-6-2-7-15-32)29-65-30-38(44(58)63-27-34-18-10-4-11-19-34)52-46(60)64-28-35-20-12-5-13-21-35/h2-21,31,36-38H,22-30H2,1H3,(H,48,56)(H,49,59)(H,50,53)(H,51,55)(H,52,60)/t31-,36+,37+,38-/m0/s1. The molecule has 4 atom stereocenters. The quantitative estimate of drug-likeness (QED) is 0.0268. The first-order valence-electron chi connectivity index (χ1n) is 20.3. The fourth-order valence-corrected chi connectivity index (χ4v) is 6.84. The molecular formula is C46H50ClN5O12S. The van der Waals surface area contributed by atoms with Gasteiger partial charge in [-0.25, -0.2) is 14.4 Å². The second-order valence-electron chi connectivity index (χ2n) is 14.2. The Morgan fingerprint density at radius 1 is 0.523 bits per heavy atom. The molecule has 5 amide bonds. The molecule has 0 radical (unpaired) electrons. The van der Waals surface area contributed by atoms with Crippen LogP contribution in [-0.4, -0.2) is 89.3 Å². The van der Waals surface area contributed by atoms with Crippen LogP contribution in [0.2, 0.25) is 0 Å². The van der Waals surface area contributed by atoms with E-state index in [2.05, 4.69) is 26.6 Å². The highest BCUT2D eigenvalue weighted by atomic mass is 35.5. The van der Waals surface area contributed by atoms with E-state index in [-0.39, 0.29) is 44.4 Å². The van der Waals surface area contributed by atoms with Crippen molar-refractivity contribution in [1.82, 2.24) is 26.6 Å². The van der Waals surface area contributed by atoms with Gasteiger partial charge < -0.3 is 45.5 Å². The van der Waals surface area contributed by atoms with Crippen LogP contribution >= 0.6 is 23.4 Å². The van der Waals surface area contributed by atoms with Crippen LogP contribution in [0, 0.1) is 0 Å². The lowest BCUT2D eigenvalue weighted by Gasteiger charge is -2.22. The fourth-order valence-electron chi connectivity index (χ4n) is 5.62. The van der Waals surface area contributed by atoms with Crippen molar-refractivity contribution in [3.05, 3.63) is 144 Å². The summed E-state index contributed by atoms with van der Waals surface area (Å²) in [5.41, 5.74) is 2.79. The Balaban J connectivity index is 1.44. The number of benzene rings is 4. The summed E-state index contributed by atoms with van der Waals surface area (Å²) in [4.78, 5) is 103. The monoisotopic (exact) mass is 931 g/mol. The largest absolute Gasteiger partial charge is 0.460 e. The van der Waals surface area contributed by atoms with Crippen LogP contribution in [0.25, 0.3) is 0 Å². The van der Waals surface area contributed by atoms with E-state index in [0.717, 1.165) is 17.3 Å². The molecule has 17 nitrogen and oxygen atoms in total. The highest BCUT2D eigenvalue weighted by Crippen LogP contribution is 2.12. The van der Waals surface area contributed by atoms with Crippen molar-refractivity contribution < 1.29 is 57.3 Å². The van der Waals surface area contributed by atoms with Crippen molar-refractivity contribution in [3.63, 3.8) is 0 Å². The maximum absolute atomic E-state index is 13.6. The third-order valence-corrected chi connectivity index (χ3v) is 10.3. The number of hydrogen-bond donors (Lipinski definition) is 5. The third-order valence-electron chi connectivity index (χ3n) is 9.09. The van der Waals surface area contributed by atoms with E-state index in [1.807, 2.05) is 6.07 Å². The van der Waals surface area contributed by atoms with Crippen molar-refractivity contribution in [3.8, 4) is 0 Å². The molecule has 344 valence electrons. The van der Waals surface area contributed by atoms with Crippen LogP contribution in [0.5, 0.6) is 0 Å². The number of amides is 5. The molecule has 4 rings (SSSR count). The first kappa shape index (κ1) is 50.7. The lowest BCUT2D eigenvalue weighted by Crippen LogP contribution is -2.51. The minimum absolute atomic E-state index is 0.0450. The molecule has 5 N–H and O–H groups in total. The van der Waals surface area contributed by atoms with Gasteiger partial charge in [-0.3, -0.25) is 24.0 Å². The molecule has 0 bridgehead atoms. The zero-order valence-electron chi connectivity index (χ0n) is 35.4. The summed E-state index contributed by atoms with van der Waals surface area (Å²) < 4.78 is 21.5. The van der Waals surface area contributed by atoms with Gasteiger partial charge in [0, 0.05) is 17.9 Å². The predicted molar refractivity (Wildman–Crippen MR) is 240 cm³/mol. The van der Waals surface area contributed by atoms with Gasteiger partial charge in [-0.1, -0.05) is 121 Å². The zero-order chi connectivity index (χ0) is 46.8. The first-order valence-corrected chi connectivity index (χ1v) is 21.9. The van der Waals surface area contributed by atoms with Crippen LogP contribution in [-0.2, 0) is 74.1 Å². The minimum atomic E-state index is -1.37. The van der Waals surface area contributed by atoms with E-state index in [1.54, 1.807) is 115 Å². The molecule has 0 saturated heterocycles. The molecule has 0 fully saturated rings. The van der Waals surface area contributed by atoms with E-state index >= 15 is 0 Å². The van der Waals surface area contributed by atoms with Crippen LogP contribution < -0.4 is 26.6 Å². The Bertz CT molecular complexity index is 2170. The number of alkyl carbamates (subject to hydrolysis) is 1. The number of carbonyl (C=O) groups excluding carboxylic acids is 8. The number of hydrogen-bond acceptors (Lipinski definition) is 13. The maximum Gasteiger partial charge on any atom is 0.408 e. The zero-order valence-corrected chi connectivity index (χ0v) is 37.0. The Labute approximate surface area is 385 Å². The molecule has 4 aromatic rings. The Morgan fingerprint density at radius 2 is 0.969 bits per heavy atom. The van der Waals surface area contributed by atoms with Gasteiger partial charge in [0.1, 0.15) is 57.1 Å². The average Bonchev–Trinajstić information content (AvgIpc) is 3.31. The van der Waals surface area contributed by atoms with Crippen LogP contribution in [0.15, 0.2) is 121 Å². The summed E-state index contributed by atoms with van der Waals surface area (Å²) in [6.45, 7) is 0.432. The number of ether oxygens (including phenoxy) is 4. The Morgan fingerprint density at radius 3 is 1.46 bits per heavy atom. The number of rotatable bonds is 25. The number of carbonyl (C=O) groups is 8. The van der Waals surface area contributed by atoms with E-state index < -0.39 is 84.2 Å². The van der Waals surface area contributed by atoms with Crippen molar-refractivity contribution in [2.75, 3.05) is 18.1 Å². The second kappa shape index (κ2) is 28.0. The van der Waals surface area contributed by atoms with E-state index in [0.29, 0.717) is 16.7 Å². The Hall–Kier alpha value is -6.92. The third kappa shape index (κ3) is 20.0. The van der Waals surface area contributed by atoms with Gasteiger partial charge in [-0.15, -0.1) is 0 Å². The lowest BCUT2D eigenvalue weighted by molar-refractivity contribution is -0.149. The molecule has 0 unspecified atom stereocenters. The molecule has 0 saturated carbocycles. The van der Waals surface area contributed by atoms with E-state index in [9.17, 15) is 38.4 Å². The van der Waals surface area contributed by atoms with Crippen molar-refractivity contribution >= 4 is 70.5 Å². The predicted octanol–water partition coefficient (Wildman–Crippen LogP) is 4.45. The Kier molecular flexibility index (Phi) is 21.8. The van der Waals surface area contributed by atoms with Gasteiger partial charge >= 0.3 is 29.4 Å². The molecule has 0 spiro atoms. The number of halogens is 1. The van der Waals surface area contributed by atoms with Gasteiger partial charge in [-0.05, 0) is 47.2 Å². The summed E-state index contributed by atoms with van der Waals surface area (Å²) in [6, 6.07) is 30.2. The number of nitrogens with one attached hydrogen (secondary N) is 5. The molecule has 0 aliphatic heterocycles. The van der Waals surface area contributed by atoms with Crippen molar-refractivity contribution in [2.45, 2.75) is 70.4 Å². The fraction of sp³-hybridized carbons (Fsp3) is 0.304. The summed E-state index contributed by atoms with van der Waals surface area (Å²) in [7, 11) is 0. The normalized spacial score (nSPS) is 12.4. The molecule has 0 aliphatic carbocycles. The van der Waals surface area contributed by atoms with Crippen LogP contribution in [0.1, 0.15) is 42.0 Å². The van der Waals surface area contributed by atoms with Gasteiger partial charge in [-0.2, -0.15) is 11.8 Å². The molecular weight excluding hydrogens is 882 g/mol. The SMILES string of the molecule is C[C@H](NC(=O)Cl)C(=O)N[C@H](CCC(=O)N[C@H](CSC[C@H](NC(=O)OCc1ccccc1)C(=O)OCc1ccccc1)C(=O)NCC(=O)OCc1ccccc1)C(=O)OCc1ccccc1. The van der Waals surface area contributed by atoms with Gasteiger partial charge in [0.05, 0.1) is 0 Å². The van der Waals surface area contributed by atoms with Crippen LogP contribution in [0.3, 0.4) is 0 Å². The maximum atomic E-state index is 13.6. The highest BCUT2D eigenvalue weighted by Gasteiger charge is 2.29. The molecule has 65 heavy (non-hydrogen) atoms. The minimum Gasteiger partial charge on any atom is -0.460 e. The smallest absolute Gasteiger partial charge is 0.408 e. The summed E-state index contributed by atoms with van der Waals surface area (Å²) >= 11 is 6.37. The lowest BCUT2D eigenvalue weighted by atomic mass is 10.1. The van der Waals surface area contributed by atoms with Gasteiger partial charge in [0.25, 0.3) is 0 Å². The van der Waals surface area contributed by atoms with Crippen molar-refractivity contribution in [1.29, 1.82) is 0 Å². The van der Waals surface area contributed by atoms with Gasteiger partial charge in [0.15, 0.2) is 0 Å². The number of thioether (sulfide) groups is 1. The molecule has 4 aromatic carbocycles. The second-order valence-corrected chi connectivity index (χ2v) is 15.6. The number of esters is 3. The summed E-state index contributed by atoms with van der Waals surface area (Å²) in [6.07, 6.45) is -1.63. The molecule has 0 aliphatic rings. The summed E-state index contributed by atoms with van der Waals surface area (Å²) in [5.74, 6) is -5.08. The van der Waals surface area contributed by atoms with Crippen molar-refractivity contribution in [2.24, 2.45) is 0 Å². The average molecular weight is 932 g/mol. The first-order chi connectivity index (χ1) is 31.4. The summed E-state index contributed by atoms with van der Waals surface area (Å²) in [5, 5.41) is 11.2.